The highest BCUT2D eigenvalue weighted by Gasteiger charge is 2.27. The summed E-state index contributed by atoms with van der Waals surface area (Å²) in [5.41, 5.74) is 4.94. The lowest BCUT2D eigenvalue weighted by atomic mass is 10.1. The fourth-order valence-corrected chi connectivity index (χ4v) is 3.06. The van der Waals surface area contributed by atoms with E-state index < -0.39 is 18.8 Å². The smallest absolute Gasteiger partial charge is 0.359 e. The molecule has 6 nitrogen and oxygen atoms in total. The molecule has 3 N–H and O–H groups in total. The number of carbonyl (C=O) groups is 1. The second kappa shape index (κ2) is 7.58. The van der Waals surface area contributed by atoms with Gasteiger partial charge in [0.1, 0.15) is 6.54 Å². The van der Waals surface area contributed by atoms with Gasteiger partial charge in [0, 0.05) is 28.9 Å². The predicted octanol–water partition coefficient (Wildman–Crippen LogP) is 5.01. The third kappa shape index (κ3) is 4.29. The standard InChI is InChI=1S/C21H18F3N5O/c1-13-2-5-16(6-3-13)29-11-15(9-27-29)14-4-7-18-17(8-14)19(10-25-18)28-20(30)26-12-21(22,23)24/h2-11,25H,12H2,1H3,(H2,26,28,30). The molecular weight excluding hydrogens is 395 g/mol. The van der Waals surface area contributed by atoms with Crippen molar-refractivity contribution in [1.29, 1.82) is 0 Å². The molecular formula is C21H18F3N5O. The van der Waals surface area contributed by atoms with E-state index in [1.807, 2.05) is 55.6 Å². The fraction of sp³-hybridized carbons (Fsp3) is 0.143. The van der Waals surface area contributed by atoms with Crippen molar-refractivity contribution < 1.29 is 18.0 Å². The summed E-state index contributed by atoms with van der Waals surface area (Å²) in [5, 5.41) is 9.32. The lowest BCUT2D eigenvalue weighted by Crippen LogP contribution is -2.36. The van der Waals surface area contributed by atoms with Gasteiger partial charge < -0.3 is 15.6 Å². The molecule has 2 heterocycles. The molecule has 0 fully saturated rings. The predicted molar refractivity (Wildman–Crippen MR) is 109 cm³/mol. The topological polar surface area (TPSA) is 74.7 Å². The summed E-state index contributed by atoms with van der Waals surface area (Å²) in [6, 6.07) is 12.6. The van der Waals surface area contributed by atoms with Crippen molar-refractivity contribution in [3.8, 4) is 16.8 Å². The summed E-state index contributed by atoms with van der Waals surface area (Å²) >= 11 is 0. The third-order valence-electron chi connectivity index (χ3n) is 4.59. The van der Waals surface area contributed by atoms with Gasteiger partial charge in [-0.1, -0.05) is 23.8 Å². The first-order chi connectivity index (χ1) is 14.3. The molecule has 9 heteroatoms. The molecule has 0 spiro atoms. The minimum absolute atomic E-state index is 0.387. The van der Waals surface area contributed by atoms with E-state index in [1.54, 1.807) is 16.2 Å². The maximum atomic E-state index is 12.3. The third-order valence-corrected chi connectivity index (χ3v) is 4.59. The van der Waals surface area contributed by atoms with Crippen LogP contribution in [-0.4, -0.2) is 33.5 Å². The molecule has 0 unspecified atom stereocenters. The Balaban J connectivity index is 1.57. The summed E-state index contributed by atoms with van der Waals surface area (Å²) in [4.78, 5) is 14.8. The monoisotopic (exact) mass is 413 g/mol. The second-order valence-corrected chi connectivity index (χ2v) is 6.89. The average Bonchev–Trinajstić information content (AvgIpc) is 3.34. The van der Waals surface area contributed by atoms with Gasteiger partial charge in [0.25, 0.3) is 0 Å². The Morgan fingerprint density at radius 3 is 2.63 bits per heavy atom. The van der Waals surface area contributed by atoms with Crippen LogP contribution in [0.3, 0.4) is 0 Å². The summed E-state index contributed by atoms with van der Waals surface area (Å²) in [6.45, 7) is 0.615. The van der Waals surface area contributed by atoms with Crippen LogP contribution in [0.4, 0.5) is 23.7 Å². The zero-order valence-corrected chi connectivity index (χ0v) is 15.9. The minimum atomic E-state index is -4.47. The highest BCUT2D eigenvalue weighted by Crippen LogP contribution is 2.29. The molecule has 0 saturated carbocycles. The van der Waals surface area contributed by atoms with Crippen molar-refractivity contribution in [1.82, 2.24) is 20.1 Å². The molecule has 154 valence electrons. The maximum absolute atomic E-state index is 12.3. The van der Waals surface area contributed by atoms with Crippen molar-refractivity contribution >= 4 is 22.6 Å². The maximum Gasteiger partial charge on any atom is 0.405 e. The van der Waals surface area contributed by atoms with Gasteiger partial charge in [-0.2, -0.15) is 18.3 Å². The zero-order chi connectivity index (χ0) is 21.3. The molecule has 0 saturated heterocycles. The molecule has 0 radical (unpaired) electrons. The summed E-state index contributed by atoms with van der Waals surface area (Å²) in [5.74, 6) is 0. The molecule has 2 amide bonds. The molecule has 0 aliphatic heterocycles. The van der Waals surface area contributed by atoms with Gasteiger partial charge in [-0.25, -0.2) is 9.48 Å². The van der Waals surface area contributed by atoms with E-state index >= 15 is 0 Å². The molecule has 0 atom stereocenters. The van der Waals surface area contributed by atoms with Crippen LogP contribution < -0.4 is 10.6 Å². The number of rotatable bonds is 4. The highest BCUT2D eigenvalue weighted by atomic mass is 19.4. The number of alkyl halides is 3. The Labute approximate surface area is 169 Å². The molecule has 30 heavy (non-hydrogen) atoms. The molecule has 2 aromatic carbocycles. The van der Waals surface area contributed by atoms with Crippen molar-refractivity contribution in [2.24, 2.45) is 0 Å². The number of nitrogens with one attached hydrogen (secondary N) is 3. The van der Waals surface area contributed by atoms with Gasteiger partial charge in [0.15, 0.2) is 0 Å². The van der Waals surface area contributed by atoms with Gasteiger partial charge in [-0.05, 0) is 36.8 Å². The van der Waals surface area contributed by atoms with E-state index in [9.17, 15) is 18.0 Å². The van der Waals surface area contributed by atoms with Crippen LogP contribution in [0.5, 0.6) is 0 Å². The van der Waals surface area contributed by atoms with Gasteiger partial charge in [-0.3, -0.25) is 0 Å². The lowest BCUT2D eigenvalue weighted by molar-refractivity contribution is -0.122. The summed E-state index contributed by atoms with van der Waals surface area (Å²) in [6.07, 6.45) is 0.693. The summed E-state index contributed by atoms with van der Waals surface area (Å²) in [7, 11) is 0. The summed E-state index contributed by atoms with van der Waals surface area (Å²) < 4.78 is 38.6. The molecule has 0 bridgehead atoms. The molecule has 0 aliphatic rings. The van der Waals surface area contributed by atoms with E-state index in [2.05, 4.69) is 15.4 Å². The van der Waals surface area contributed by atoms with Gasteiger partial charge in [0.2, 0.25) is 0 Å². The average molecular weight is 413 g/mol. The number of halogens is 3. The number of fused-ring (bicyclic) bond motifs is 1. The van der Waals surface area contributed by atoms with Crippen LogP contribution in [-0.2, 0) is 0 Å². The van der Waals surface area contributed by atoms with Gasteiger partial charge >= 0.3 is 12.2 Å². The van der Waals surface area contributed by atoms with Crippen LogP contribution in [0.2, 0.25) is 0 Å². The van der Waals surface area contributed by atoms with Crippen LogP contribution in [0.1, 0.15) is 5.56 Å². The number of aromatic nitrogens is 3. The van der Waals surface area contributed by atoms with E-state index in [4.69, 9.17) is 0 Å². The fourth-order valence-electron chi connectivity index (χ4n) is 3.06. The number of urea groups is 1. The van der Waals surface area contributed by atoms with E-state index in [0.717, 1.165) is 27.9 Å². The van der Waals surface area contributed by atoms with Crippen LogP contribution in [0.25, 0.3) is 27.7 Å². The number of anilines is 1. The first kappa shape index (κ1) is 19.6. The molecule has 4 rings (SSSR count). The first-order valence-corrected chi connectivity index (χ1v) is 9.13. The van der Waals surface area contributed by atoms with E-state index in [1.165, 1.54) is 6.20 Å². The van der Waals surface area contributed by atoms with Crippen molar-refractivity contribution in [2.45, 2.75) is 13.1 Å². The van der Waals surface area contributed by atoms with Crippen LogP contribution >= 0.6 is 0 Å². The molecule has 4 aromatic rings. The number of H-pyrrole nitrogens is 1. The normalized spacial score (nSPS) is 11.6. The SMILES string of the molecule is Cc1ccc(-n2cc(-c3ccc4[nH]cc(NC(=O)NCC(F)(F)F)c4c3)cn2)cc1. The number of amides is 2. The Kier molecular flexibility index (Phi) is 4.94. The van der Waals surface area contributed by atoms with Gasteiger partial charge in [0.05, 0.1) is 17.6 Å². The first-order valence-electron chi connectivity index (χ1n) is 9.13. The van der Waals surface area contributed by atoms with Crippen molar-refractivity contribution in [3.63, 3.8) is 0 Å². The Morgan fingerprint density at radius 2 is 1.90 bits per heavy atom. The lowest BCUT2D eigenvalue weighted by Gasteiger charge is -2.09. The number of hydrogen-bond acceptors (Lipinski definition) is 2. The number of nitrogens with zero attached hydrogens (tertiary/aromatic N) is 2. The largest absolute Gasteiger partial charge is 0.405 e. The van der Waals surface area contributed by atoms with E-state index in [-0.39, 0.29) is 0 Å². The second-order valence-electron chi connectivity index (χ2n) is 6.89. The Hall–Kier alpha value is -3.75. The number of hydrogen-bond donors (Lipinski definition) is 3. The number of carbonyl (C=O) groups excluding carboxylic acids is 1. The Morgan fingerprint density at radius 1 is 1.13 bits per heavy atom. The molecule has 2 aromatic heterocycles. The Bertz CT molecular complexity index is 1190. The molecule has 0 aliphatic carbocycles. The number of benzene rings is 2. The zero-order valence-electron chi connectivity index (χ0n) is 15.9. The van der Waals surface area contributed by atoms with E-state index in [0.29, 0.717) is 11.1 Å². The van der Waals surface area contributed by atoms with Crippen LogP contribution in [0, 0.1) is 6.92 Å². The number of aryl methyl sites for hydroxylation is 1. The minimum Gasteiger partial charge on any atom is -0.359 e. The highest BCUT2D eigenvalue weighted by molar-refractivity contribution is 6.02. The van der Waals surface area contributed by atoms with Crippen LogP contribution in [0.15, 0.2) is 61.1 Å². The van der Waals surface area contributed by atoms with Crippen molar-refractivity contribution in [3.05, 3.63) is 66.6 Å². The number of aromatic amines is 1. The van der Waals surface area contributed by atoms with Gasteiger partial charge in [-0.15, -0.1) is 0 Å². The van der Waals surface area contributed by atoms with Crippen molar-refractivity contribution in [2.75, 3.05) is 11.9 Å². The quantitative estimate of drug-likeness (QED) is 0.440.